The molecule has 0 bridgehead atoms. The van der Waals surface area contributed by atoms with E-state index in [2.05, 4.69) is 6.92 Å². The van der Waals surface area contributed by atoms with Crippen molar-refractivity contribution in [3.8, 4) is 0 Å². The molecule has 0 saturated carbocycles. The number of hydrogen-bond acceptors (Lipinski definition) is 5. The number of unbranched alkanes of at least 4 members (excludes halogenated alkanes) is 1. The lowest BCUT2D eigenvalue weighted by Crippen LogP contribution is -2.40. The Morgan fingerprint density at radius 1 is 0.829 bits per heavy atom. The van der Waals surface area contributed by atoms with Crippen molar-refractivity contribution in [3.63, 3.8) is 0 Å². The molecule has 3 aromatic rings. The fraction of sp³-hybridized carbons (Fsp3) is 0.222. The number of fused-ring (bicyclic) bond motifs is 1. The average Bonchev–Trinajstić information content (AvgIpc) is 3.12. The van der Waals surface area contributed by atoms with Gasteiger partial charge in [0.25, 0.3) is 21.8 Å². The highest BCUT2D eigenvalue weighted by Gasteiger charge is 2.37. The molecule has 7 nitrogen and oxygen atoms in total. The highest BCUT2D eigenvalue weighted by molar-refractivity contribution is 7.93. The largest absolute Gasteiger partial charge is 0.274 e. The first-order chi connectivity index (χ1) is 16.8. The molecule has 0 fully saturated rings. The first-order valence-corrected chi connectivity index (χ1v) is 13.0. The second-order valence-electron chi connectivity index (χ2n) is 8.30. The number of rotatable bonds is 9. The Labute approximate surface area is 205 Å². The summed E-state index contributed by atoms with van der Waals surface area (Å²) in [5, 5.41) is 0. The molecule has 180 valence electrons. The van der Waals surface area contributed by atoms with Crippen LogP contribution in [-0.4, -0.2) is 37.6 Å². The van der Waals surface area contributed by atoms with Crippen molar-refractivity contribution in [3.05, 3.63) is 95.6 Å². The minimum absolute atomic E-state index is 0.0239. The topological polar surface area (TPSA) is 91.8 Å². The predicted octanol–water partition coefficient (Wildman–Crippen LogP) is 4.44. The molecule has 8 heteroatoms. The fourth-order valence-electron chi connectivity index (χ4n) is 4.04. The fourth-order valence-corrected chi connectivity index (χ4v) is 5.52. The number of benzene rings is 3. The third-order valence-electron chi connectivity index (χ3n) is 5.93. The van der Waals surface area contributed by atoms with Crippen LogP contribution in [0.3, 0.4) is 0 Å². The van der Waals surface area contributed by atoms with E-state index in [0.717, 1.165) is 34.0 Å². The lowest BCUT2D eigenvalue weighted by Gasteiger charge is -2.24. The van der Waals surface area contributed by atoms with Gasteiger partial charge in [-0.25, -0.2) is 12.7 Å². The maximum atomic E-state index is 13.5. The van der Waals surface area contributed by atoms with Gasteiger partial charge in [-0.05, 0) is 54.8 Å². The number of amides is 3. The molecule has 1 heterocycles. The summed E-state index contributed by atoms with van der Waals surface area (Å²) >= 11 is 0. The maximum Gasteiger partial charge on any atom is 0.270 e. The lowest BCUT2D eigenvalue weighted by atomic mass is 10.1. The molecule has 0 atom stereocenters. The van der Waals surface area contributed by atoms with E-state index in [4.69, 9.17) is 0 Å². The van der Waals surface area contributed by atoms with Crippen LogP contribution in [0, 0.1) is 0 Å². The summed E-state index contributed by atoms with van der Waals surface area (Å²) in [6.07, 6.45) is 2.56. The molecular formula is C27H26N2O5S. The van der Waals surface area contributed by atoms with Gasteiger partial charge in [-0.3, -0.25) is 19.3 Å². The van der Waals surface area contributed by atoms with Gasteiger partial charge in [0.15, 0.2) is 0 Å². The van der Waals surface area contributed by atoms with Gasteiger partial charge in [0.2, 0.25) is 5.91 Å². The third kappa shape index (κ3) is 4.88. The minimum Gasteiger partial charge on any atom is -0.274 e. The quantitative estimate of drug-likeness (QED) is 0.414. The van der Waals surface area contributed by atoms with Gasteiger partial charge >= 0.3 is 0 Å². The van der Waals surface area contributed by atoms with E-state index in [1.807, 2.05) is 12.1 Å². The van der Waals surface area contributed by atoms with Gasteiger partial charge in [0.1, 0.15) is 0 Å². The van der Waals surface area contributed by atoms with E-state index < -0.39 is 27.7 Å². The van der Waals surface area contributed by atoms with Crippen molar-refractivity contribution in [1.82, 2.24) is 4.90 Å². The number of nitrogens with zero attached hydrogens (tertiary/aromatic N) is 2. The van der Waals surface area contributed by atoms with E-state index in [1.54, 1.807) is 54.6 Å². The van der Waals surface area contributed by atoms with Gasteiger partial charge in [-0.2, -0.15) is 0 Å². The Kier molecular flexibility index (Phi) is 7.12. The number of carbonyl (C=O) groups is 3. The predicted molar refractivity (Wildman–Crippen MR) is 133 cm³/mol. The van der Waals surface area contributed by atoms with Crippen LogP contribution in [0.2, 0.25) is 0 Å². The molecule has 0 N–H and O–H groups in total. The van der Waals surface area contributed by atoms with Crippen molar-refractivity contribution >= 4 is 33.4 Å². The monoisotopic (exact) mass is 490 g/mol. The number of hydrogen-bond donors (Lipinski definition) is 0. The average molecular weight is 491 g/mol. The first kappa shape index (κ1) is 24.3. The summed E-state index contributed by atoms with van der Waals surface area (Å²) in [7, 11) is -4.21. The van der Waals surface area contributed by atoms with Crippen LogP contribution in [0.5, 0.6) is 0 Å². The molecule has 3 aromatic carbocycles. The summed E-state index contributed by atoms with van der Waals surface area (Å²) in [5.41, 5.74) is 1.82. The number of anilines is 1. The van der Waals surface area contributed by atoms with Crippen LogP contribution >= 0.6 is 0 Å². The smallest absolute Gasteiger partial charge is 0.270 e. The van der Waals surface area contributed by atoms with Crippen molar-refractivity contribution in [2.75, 3.05) is 10.8 Å². The zero-order valence-electron chi connectivity index (χ0n) is 19.4. The molecule has 0 aliphatic carbocycles. The summed E-state index contributed by atoms with van der Waals surface area (Å²) < 4.78 is 27.8. The van der Waals surface area contributed by atoms with Gasteiger partial charge in [-0.1, -0.05) is 55.8 Å². The Morgan fingerprint density at radius 2 is 1.40 bits per heavy atom. The number of aryl methyl sites for hydroxylation is 1. The van der Waals surface area contributed by atoms with Crippen LogP contribution in [0.25, 0.3) is 0 Å². The van der Waals surface area contributed by atoms with E-state index in [1.165, 1.54) is 12.1 Å². The zero-order chi connectivity index (χ0) is 25.0. The van der Waals surface area contributed by atoms with Gasteiger partial charge in [-0.15, -0.1) is 0 Å². The molecule has 0 aromatic heterocycles. The molecule has 0 spiro atoms. The van der Waals surface area contributed by atoms with Crippen molar-refractivity contribution in [2.24, 2.45) is 0 Å². The second-order valence-corrected chi connectivity index (χ2v) is 10.1. The summed E-state index contributed by atoms with van der Waals surface area (Å²) in [4.78, 5) is 39.7. The van der Waals surface area contributed by atoms with Crippen molar-refractivity contribution in [1.29, 1.82) is 0 Å². The molecule has 3 amide bonds. The van der Waals surface area contributed by atoms with E-state index in [0.29, 0.717) is 0 Å². The Balaban J connectivity index is 1.61. The van der Waals surface area contributed by atoms with Crippen molar-refractivity contribution in [2.45, 2.75) is 37.5 Å². The number of sulfonamides is 1. The third-order valence-corrected chi connectivity index (χ3v) is 7.69. The highest BCUT2D eigenvalue weighted by Crippen LogP contribution is 2.27. The normalized spacial score (nSPS) is 13.1. The Hall–Kier alpha value is -3.78. The lowest BCUT2D eigenvalue weighted by molar-refractivity contribution is -0.117. The van der Waals surface area contributed by atoms with E-state index in [9.17, 15) is 22.8 Å². The minimum atomic E-state index is -4.21. The summed E-state index contributed by atoms with van der Waals surface area (Å²) in [5.74, 6) is -1.71. The molecule has 1 aliphatic heterocycles. The van der Waals surface area contributed by atoms with E-state index >= 15 is 0 Å². The van der Waals surface area contributed by atoms with E-state index in [-0.39, 0.29) is 34.7 Å². The molecule has 1 aliphatic rings. The molecule has 0 radical (unpaired) electrons. The van der Waals surface area contributed by atoms with Gasteiger partial charge < -0.3 is 0 Å². The molecule has 35 heavy (non-hydrogen) atoms. The molecule has 4 rings (SSSR count). The second kappa shape index (κ2) is 10.2. The maximum absolute atomic E-state index is 13.5. The van der Waals surface area contributed by atoms with Crippen LogP contribution in [0.4, 0.5) is 5.69 Å². The van der Waals surface area contributed by atoms with Gasteiger partial charge in [0, 0.05) is 13.0 Å². The van der Waals surface area contributed by atoms with Crippen LogP contribution < -0.4 is 4.31 Å². The summed E-state index contributed by atoms with van der Waals surface area (Å²) in [6.45, 7) is 1.87. The molecule has 0 saturated heterocycles. The first-order valence-electron chi connectivity index (χ1n) is 11.5. The molecular weight excluding hydrogens is 464 g/mol. The summed E-state index contributed by atoms with van der Waals surface area (Å²) in [6, 6.07) is 21.0. The van der Waals surface area contributed by atoms with Gasteiger partial charge in [0.05, 0.1) is 21.7 Å². The van der Waals surface area contributed by atoms with Crippen molar-refractivity contribution < 1.29 is 22.8 Å². The zero-order valence-corrected chi connectivity index (χ0v) is 20.2. The highest BCUT2D eigenvalue weighted by atomic mass is 32.2. The van der Waals surface area contributed by atoms with Crippen LogP contribution in [-0.2, 0) is 21.2 Å². The number of imide groups is 1. The van der Waals surface area contributed by atoms with Crippen LogP contribution in [0.15, 0.2) is 83.8 Å². The Bertz CT molecular complexity index is 1320. The molecule has 0 unspecified atom stereocenters. The standard InChI is InChI=1S/C27H26N2O5S/c1-2-3-9-20-14-16-21(17-15-20)29(35(33,34)22-10-5-4-6-11-22)25(30)18-19-28-26(31)23-12-7-8-13-24(23)27(28)32/h4-8,10-17H,2-3,9,18-19H2,1H3. The number of carbonyl (C=O) groups excluding carboxylic acids is 3. The SMILES string of the molecule is CCCCc1ccc(N(C(=O)CCN2C(=O)c3ccccc3C2=O)S(=O)(=O)c2ccccc2)cc1. The Morgan fingerprint density at radius 3 is 1.97 bits per heavy atom. The van der Waals surface area contributed by atoms with Crippen LogP contribution in [0.1, 0.15) is 52.5 Å².